The summed E-state index contributed by atoms with van der Waals surface area (Å²) in [5.41, 5.74) is 17.9. The van der Waals surface area contributed by atoms with Crippen molar-refractivity contribution < 1.29 is 4.79 Å². The van der Waals surface area contributed by atoms with Crippen LogP contribution in [0.1, 0.15) is 35.3 Å². The topological polar surface area (TPSA) is 118 Å². The van der Waals surface area contributed by atoms with E-state index in [0.29, 0.717) is 18.7 Å². The SMILES string of the molecule is CN=C(C)N/C(C)=C(/C=C(N)N)C1=Cc2cc(C(=O)NCc3ccccc3)ccc2NC1. The third kappa shape index (κ3) is 5.78. The molecule has 0 atom stereocenters. The zero-order valence-corrected chi connectivity index (χ0v) is 18.7. The van der Waals surface area contributed by atoms with E-state index in [2.05, 4.69) is 27.0 Å². The van der Waals surface area contributed by atoms with Gasteiger partial charge in [0.2, 0.25) is 0 Å². The van der Waals surface area contributed by atoms with Crippen LogP contribution in [0.3, 0.4) is 0 Å². The summed E-state index contributed by atoms with van der Waals surface area (Å²) in [5.74, 6) is 0.880. The highest BCUT2D eigenvalue weighted by Crippen LogP contribution is 2.29. The largest absolute Gasteiger partial charge is 0.386 e. The van der Waals surface area contributed by atoms with Crippen molar-refractivity contribution in [1.29, 1.82) is 0 Å². The second-order valence-corrected chi connectivity index (χ2v) is 7.61. The zero-order chi connectivity index (χ0) is 23.1. The summed E-state index contributed by atoms with van der Waals surface area (Å²) >= 11 is 0. The molecule has 1 heterocycles. The molecule has 7 N–H and O–H groups in total. The maximum absolute atomic E-state index is 12.7. The molecule has 2 aromatic rings. The van der Waals surface area contributed by atoms with Gasteiger partial charge < -0.3 is 27.4 Å². The van der Waals surface area contributed by atoms with E-state index in [1.54, 1.807) is 13.1 Å². The molecule has 7 heteroatoms. The maximum atomic E-state index is 12.7. The fourth-order valence-electron chi connectivity index (χ4n) is 3.47. The van der Waals surface area contributed by atoms with Crippen molar-refractivity contribution in [3.63, 3.8) is 0 Å². The first-order valence-corrected chi connectivity index (χ1v) is 10.4. The van der Waals surface area contributed by atoms with Crippen LogP contribution in [0.4, 0.5) is 5.69 Å². The summed E-state index contributed by atoms with van der Waals surface area (Å²) in [6.45, 7) is 4.92. The van der Waals surface area contributed by atoms with Crippen LogP contribution in [0.5, 0.6) is 0 Å². The fourth-order valence-corrected chi connectivity index (χ4v) is 3.47. The lowest BCUT2D eigenvalue weighted by atomic mass is 9.95. The number of nitrogens with zero attached hydrogens (tertiary/aromatic N) is 1. The minimum absolute atomic E-state index is 0.119. The van der Waals surface area contributed by atoms with Crippen LogP contribution in [0.25, 0.3) is 6.08 Å². The maximum Gasteiger partial charge on any atom is 0.251 e. The van der Waals surface area contributed by atoms with Gasteiger partial charge in [-0.3, -0.25) is 9.79 Å². The van der Waals surface area contributed by atoms with Crippen LogP contribution in [-0.4, -0.2) is 25.3 Å². The Morgan fingerprint density at radius 3 is 2.59 bits per heavy atom. The number of carbonyl (C=O) groups excluding carboxylic acids is 1. The van der Waals surface area contributed by atoms with Crippen LogP contribution >= 0.6 is 0 Å². The highest BCUT2D eigenvalue weighted by atomic mass is 16.1. The molecule has 1 amide bonds. The normalized spacial score (nSPS) is 13.7. The highest BCUT2D eigenvalue weighted by Gasteiger charge is 2.16. The molecule has 0 radical (unpaired) electrons. The number of nitrogens with two attached hydrogens (primary N) is 2. The number of hydrogen-bond donors (Lipinski definition) is 5. The molecule has 0 bridgehead atoms. The number of hydrogen-bond acceptors (Lipinski definition) is 5. The van der Waals surface area contributed by atoms with E-state index in [9.17, 15) is 4.79 Å². The quantitative estimate of drug-likeness (QED) is 0.274. The van der Waals surface area contributed by atoms with Gasteiger partial charge in [0.15, 0.2) is 0 Å². The van der Waals surface area contributed by atoms with Crippen molar-refractivity contribution in [2.24, 2.45) is 16.5 Å². The van der Waals surface area contributed by atoms with Crippen LogP contribution in [0.2, 0.25) is 0 Å². The number of carbonyl (C=O) groups is 1. The second-order valence-electron chi connectivity index (χ2n) is 7.61. The molecular formula is C25H30N6O. The van der Waals surface area contributed by atoms with E-state index in [0.717, 1.165) is 39.5 Å². The number of fused-ring (bicyclic) bond motifs is 1. The van der Waals surface area contributed by atoms with Gasteiger partial charge in [0.1, 0.15) is 0 Å². The zero-order valence-electron chi connectivity index (χ0n) is 18.7. The van der Waals surface area contributed by atoms with Gasteiger partial charge in [-0.2, -0.15) is 0 Å². The van der Waals surface area contributed by atoms with Gasteiger partial charge in [-0.15, -0.1) is 0 Å². The molecule has 32 heavy (non-hydrogen) atoms. The Morgan fingerprint density at radius 1 is 1.16 bits per heavy atom. The molecule has 0 saturated carbocycles. The summed E-state index contributed by atoms with van der Waals surface area (Å²) in [6, 6.07) is 15.5. The van der Waals surface area contributed by atoms with E-state index in [4.69, 9.17) is 11.5 Å². The number of allylic oxidation sites excluding steroid dienone is 2. The van der Waals surface area contributed by atoms with Gasteiger partial charge in [-0.25, -0.2) is 0 Å². The molecule has 0 unspecified atom stereocenters. The van der Waals surface area contributed by atoms with Crippen molar-refractivity contribution in [2.75, 3.05) is 18.9 Å². The van der Waals surface area contributed by atoms with Crippen molar-refractivity contribution in [2.45, 2.75) is 20.4 Å². The molecule has 0 saturated heterocycles. The van der Waals surface area contributed by atoms with Gasteiger partial charge in [-0.1, -0.05) is 30.3 Å². The Morgan fingerprint density at radius 2 is 1.91 bits per heavy atom. The van der Waals surface area contributed by atoms with Crippen LogP contribution in [-0.2, 0) is 6.54 Å². The number of rotatable bonds is 6. The first-order chi connectivity index (χ1) is 15.4. The standard InChI is InChI=1S/C25H30N6O/c1-16(31-17(2)28-3)22(13-24(26)27)21-12-20-11-19(9-10-23(20)29-15-21)25(32)30-14-18-7-5-4-6-8-18/h4-13,29H,14-15,26-27H2,1-3H3,(H,28,31)(H,30,32)/b22-16-. The minimum Gasteiger partial charge on any atom is -0.386 e. The predicted molar refractivity (Wildman–Crippen MR) is 132 cm³/mol. The van der Waals surface area contributed by atoms with Crippen LogP contribution < -0.4 is 27.4 Å². The molecule has 7 nitrogen and oxygen atoms in total. The second kappa shape index (κ2) is 10.3. The first-order valence-electron chi connectivity index (χ1n) is 10.4. The third-order valence-electron chi connectivity index (χ3n) is 5.17. The predicted octanol–water partition coefficient (Wildman–Crippen LogP) is 3.10. The Hall–Kier alpha value is -4.00. The first kappa shape index (κ1) is 22.7. The number of amides is 1. The van der Waals surface area contributed by atoms with Crippen molar-refractivity contribution in [1.82, 2.24) is 10.6 Å². The van der Waals surface area contributed by atoms with Gasteiger partial charge in [0.25, 0.3) is 5.91 Å². The molecular weight excluding hydrogens is 400 g/mol. The molecule has 3 rings (SSSR count). The summed E-state index contributed by atoms with van der Waals surface area (Å²) < 4.78 is 0. The van der Waals surface area contributed by atoms with Gasteiger partial charge in [0, 0.05) is 42.7 Å². The van der Waals surface area contributed by atoms with Gasteiger partial charge >= 0.3 is 0 Å². The number of anilines is 1. The molecule has 166 valence electrons. The molecule has 0 spiro atoms. The van der Waals surface area contributed by atoms with Crippen molar-refractivity contribution in [3.05, 3.63) is 94.0 Å². The average molecular weight is 431 g/mol. The third-order valence-corrected chi connectivity index (χ3v) is 5.17. The monoisotopic (exact) mass is 430 g/mol. The number of amidine groups is 1. The smallest absolute Gasteiger partial charge is 0.251 e. The van der Waals surface area contributed by atoms with Gasteiger partial charge in [-0.05, 0) is 60.9 Å². The van der Waals surface area contributed by atoms with E-state index in [-0.39, 0.29) is 11.7 Å². The highest BCUT2D eigenvalue weighted by molar-refractivity contribution is 5.96. The molecule has 1 aliphatic heterocycles. The molecule has 0 aliphatic carbocycles. The lowest BCUT2D eigenvalue weighted by Gasteiger charge is -2.22. The lowest BCUT2D eigenvalue weighted by molar-refractivity contribution is 0.0951. The summed E-state index contributed by atoms with van der Waals surface area (Å²) in [4.78, 5) is 16.9. The Balaban J connectivity index is 1.87. The van der Waals surface area contributed by atoms with Crippen LogP contribution in [0, 0.1) is 0 Å². The van der Waals surface area contributed by atoms with Crippen molar-refractivity contribution >= 4 is 23.5 Å². The van der Waals surface area contributed by atoms with E-state index in [1.165, 1.54) is 0 Å². The van der Waals surface area contributed by atoms with E-state index < -0.39 is 0 Å². The molecule has 1 aliphatic rings. The molecule has 0 aromatic heterocycles. The van der Waals surface area contributed by atoms with Crippen molar-refractivity contribution in [3.8, 4) is 0 Å². The minimum atomic E-state index is -0.119. The molecule has 0 fully saturated rings. The van der Waals surface area contributed by atoms with E-state index in [1.807, 2.05) is 62.4 Å². The summed E-state index contributed by atoms with van der Waals surface area (Å²) in [6.07, 6.45) is 3.79. The Bertz CT molecular complexity index is 1110. The lowest BCUT2D eigenvalue weighted by Crippen LogP contribution is -2.23. The van der Waals surface area contributed by atoms with Gasteiger partial charge in [0.05, 0.1) is 11.7 Å². The Kier molecular flexibility index (Phi) is 7.33. The number of nitrogens with one attached hydrogen (secondary N) is 3. The summed E-state index contributed by atoms with van der Waals surface area (Å²) in [5, 5.41) is 9.64. The number of aliphatic imine (C=N–C) groups is 1. The fraction of sp³-hybridized carbons (Fsp3) is 0.200. The van der Waals surface area contributed by atoms with Crippen LogP contribution in [0.15, 0.2) is 82.3 Å². The average Bonchev–Trinajstić information content (AvgIpc) is 2.80. The Labute approximate surface area is 189 Å². The number of benzene rings is 2. The molecule has 2 aromatic carbocycles. The summed E-state index contributed by atoms with van der Waals surface area (Å²) in [7, 11) is 1.73. The van der Waals surface area contributed by atoms with E-state index >= 15 is 0 Å².